The number of carbonyl (C=O) groups is 2. The molecule has 0 bridgehead atoms. The van der Waals surface area contributed by atoms with E-state index >= 15 is 0 Å². The lowest BCUT2D eigenvalue weighted by atomic mass is 9.83. The summed E-state index contributed by atoms with van der Waals surface area (Å²) < 4.78 is 0. The summed E-state index contributed by atoms with van der Waals surface area (Å²) in [4.78, 5) is 22.9. The van der Waals surface area contributed by atoms with Crippen LogP contribution >= 0.6 is 0 Å². The molecule has 5 heteroatoms. The third kappa shape index (κ3) is 6.72. The number of unbranched alkanes of at least 4 members (excludes halogenated alkanes) is 2. The summed E-state index contributed by atoms with van der Waals surface area (Å²) in [6, 6.07) is 0. The van der Waals surface area contributed by atoms with E-state index in [2.05, 4.69) is 19.1 Å². The first-order valence-corrected chi connectivity index (χ1v) is 10.6. The molecule has 2 saturated carbocycles. The lowest BCUT2D eigenvalue weighted by Crippen LogP contribution is -2.37. The van der Waals surface area contributed by atoms with Gasteiger partial charge in [-0.25, -0.2) is 4.79 Å². The lowest BCUT2D eigenvalue weighted by Gasteiger charge is -2.22. The van der Waals surface area contributed by atoms with Gasteiger partial charge in [0.2, 0.25) is 0 Å². The van der Waals surface area contributed by atoms with Gasteiger partial charge in [-0.15, -0.1) is 0 Å². The molecule has 0 amide bonds. The van der Waals surface area contributed by atoms with Crippen molar-refractivity contribution in [2.24, 2.45) is 17.3 Å². The fourth-order valence-electron chi connectivity index (χ4n) is 4.74. The molecule has 0 unspecified atom stereocenters. The average molecular weight is 381 g/mol. The van der Waals surface area contributed by atoms with E-state index in [-0.39, 0.29) is 12.3 Å². The molecule has 0 heterocycles. The van der Waals surface area contributed by atoms with Crippen LogP contribution in [0.5, 0.6) is 0 Å². The topological polar surface area (TPSA) is 94.8 Å². The van der Waals surface area contributed by atoms with Crippen molar-refractivity contribution in [3.63, 3.8) is 0 Å². The summed E-state index contributed by atoms with van der Waals surface area (Å²) in [6.07, 6.45) is 16.4. The molecule has 2 aliphatic rings. The van der Waals surface area contributed by atoms with Gasteiger partial charge in [-0.3, -0.25) is 4.79 Å². The second-order valence-corrected chi connectivity index (χ2v) is 8.98. The fraction of sp³-hybridized carbons (Fsp3) is 0.818. The molecular formula is C22H36O5. The Balaban J connectivity index is 1.69. The largest absolute Gasteiger partial charge is 0.477 e. The van der Waals surface area contributed by atoms with Crippen LogP contribution in [0.2, 0.25) is 0 Å². The Morgan fingerprint density at radius 3 is 2.59 bits per heavy atom. The van der Waals surface area contributed by atoms with Crippen molar-refractivity contribution in [3.8, 4) is 0 Å². The first-order valence-electron chi connectivity index (χ1n) is 10.6. The predicted octanol–water partition coefficient (Wildman–Crippen LogP) is 4.21. The zero-order valence-electron chi connectivity index (χ0n) is 16.7. The molecule has 0 saturated heterocycles. The summed E-state index contributed by atoms with van der Waals surface area (Å²) in [6.45, 7) is 2.40. The van der Waals surface area contributed by atoms with Gasteiger partial charge < -0.3 is 15.3 Å². The standard InChI is InChI=1S/C22H36O5/c1-21(14-7-8-15-21)13-6-4-9-17-11-12-19(23)18(17)10-3-2-5-16-22(26,27)20(24)25/h4,9,17-18,26-27H,2-3,5-8,10-16H2,1H3,(H,24,25)/t17-,18+/m0/s1. The third-order valence-corrected chi connectivity index (χ3v) is 6.65. The Morgan fingerprint density at radius 2 is 1.93 bits per heavy atom. The summed E-state index contributed by atoms with van der Waals surface area (Å²) >= 11 is 0. The van der Waals surface area contributed by atoms with Gasteiger partial charge in [-0.05, 0) is 56.3 Å². The second-order valence-electron chi connectivity index (χ2n) is 8.98. The van der Waals surface area contributed by atoms with Gasteiger partial charge in [0, 0.05) is 18.8 Å². The van der Waals surface area contributed by atoms with Crippen molar-refractivity contribution in [3.05, 3.63) is 12.2 Å². The number of Topliss-reactive ketones (excluding diaryl/α,β-unsaturated/α-hetero) is 1. The van der Waals surface area contributed by atoms with Crippen molar-refractivity contribution < 1.29 is 24.9 Å². The van der Waals surface area contributed by atoms with E-state index in [1.54, 1.807) is 0 Å². The first kappa shape index (κ1) is 22.1. The van der Waals surface area contributed by atoms with Crippen LogP contribution in [-0.4, -0.2) is 32.9 Å². The van der Waals surface area contributed by atoms with E-state index in [0.29, 0.717) is 36.4 Å². The van der Waals surface area contributed by atoms with E-state index in [1.165, 1.54) is 32.1 Å². The molecule has 0 aliphatic heterocycles. The van der Waals surface area contributed by atoms with E-state index < -0.39 is 11.8 Å². The number of aliphatic carboxylic acids is 1. The molecule has 2 rings (SSSR count). The maximum absolute atomic E-state index is 12.2. The van der Waals surface area contributed by atoms with Gasteiger partial charge >= 0.3 is 5.97 Å². The van der Waals surface area contributed by atoms with E-state index in [9.17, 15) is 19.8 Å². The Kier molecular flexibility index (Phi) is 8.04. The SMILES string of the molecule is CC1(CCC=C[C@H]2CCC(=O)[C@@H]2CCCCCC(O)(O)C(=O)O)CCCC1. The molecular weight excluding hydrogens is 344 g/mol. The molecule has 0 aromatic carbocycles. The minimum atomic E-state index is -2.63. The highest BCUT2D eigenvalue weighted by Gasteiger charge is 2.34. The van der Waals surface area contributed by atoms with E-state index in [0.717, 1.165) is 25.7 Å². The third-order valence-electron chi connectivity index (χ3n) is 6.65. The van der Waals surface area contributed by atoms with Gasteiger partial charge in [0.1, 0.15) is 5.78 Å². The lowest BCUT2D eigenvalue weighted by molar-refractivity contribution is -0.205. The molecule has 2 atom stereocenters. The highest BCUT2D eigenvalue weighted by atomic mass is 16.5. The molecule has 0 aromatic rings. The fourth-order valence-corrected chi connectivity index (χ4v) is 4.74. The van der Waals surface area contributed by atoms with Crippen LogP contribution in [0.25, 0.3) is 0 Å². The first-order chi connectivity index (χ1) is 12.7. The number of carbonyl (C=O) groups excluding carboxylic acids is 1. The van der Waals surface area contributed by atoms with Gasteiger partial charge in [0.05, 0.1) is 0 Å². The number of aliphatic hydroxyl groups is 2. The Bertz CT molecular complexity index is 531. The van der Waals surface area contributed by atoms with Crippen molar-refractivity contribution in [1.82, 2.24) is 0 Å². The van der Waals surface area contributed by atoms with E-state index in [1.807, 2.05) is 0 Å². The monoisotopic (exact) mass is 380 g/mol. The van der Waals surface area contributed by atoms with Crippen LogP contribution in [0, 0.1) is 17.3 Å². The van der Waals surface area contributed by atoms with E-state index in [4.69, 9.17) is 5.11 Å². The molecule has 5 nitrogen and oxygen atoms in total. The molecule has 0 aromatic heterocycles. The van der Waals surface area contributed by atoms with Crippen LogP contribution < -0.4 is 0 Å². The van der Waals surface area contributed by atoms with Crippen molar-refractivity contribution >= 4 is 11.8 Å². The van der Waals surface area contributed by atoms with Gasteiger partial charge in [-0.2, -0.15) is 0 Å². The molecule has 154 valence electrons. The summed E-state index contributed by atoms with van der Waals surface area (Å²) in [5.41, 5.74) is 0.514. The zero-order chi connectivity index (χ0) is 19.9. The van der Waals surface area contributed by atoms with Crippen LogP contribution in [0.3, 0.4) is 0 Å². The predicted molar refractivity (Wildman–Crippen MR) is 104 cm³/mol. The number of ketones is 1. The van der Waals surface area contributed by atoms with Crippen LogP contribution in [0.15, 0.2) is 12.2 Å². The normalized spacial score (nSPS) is 25.5. The van der Waals surface area contributed by atoms with Gasteiger partial charge in [0.15, 0.2) is 0 Å². The zero-order valence-corrected chi connectivity index (χ0v) is 16.7. The summed E-state index contributed by atoms with van der Waals surface area (Å²) in [7, 11) is 0. The minimum absolute atomic E-state index is 0.0794. The molecule has 3 N–H and O–H groups in total. The molecule has 2 aliphatic carbocycles. The second kappa shape index (κ2) is 9.83. The number of carboxylic acid groups (broad SMARTS) is 1. The number of hydrogen-bond donors (Lipinski definition) is 3. The van der Waals surface area contributed by atoms with Crippen LogP contribution in [0.4, 0.5) is 0 Å². The number of carboxylic acids is 1. The van der Waals surface area contributed by atoms with Gasteiger partial charge in [0.25, 0.3) is 5.79 Å². The molecule has 0 radical (unpaired) electrons. The molecule has 0 spiro atoms. The molecule has 2 fully saturated rings. The van der Waals surface area contributed by atoms with Crippen molar-refractivity contribution in [2.45, 2.75) is 96.2 Å². The Morgan fingerprint density at radius 1 is 1.22 bits per heavy atom. The Hall–Kier alpha value is -1.20. The van der Waals surface area contributed by atoms with Crippen LogP contribution in [0.1, 0.15) is 90.4 Å². The minimum Gasteiger partial charge on any atom is -0.477 e. The smallest absolute Gasteiger partial charge is 0.364 e. The maximum Gasteiger partial charge on any atom is 0.364 e. The average Bonchev–Trinajstić information content (AvgIpc) is 3.18. The Labute approximate surface area is 162 Å². The maximum atomic E-state index is 12.2. The van der Waals surface area contributed by atoms with Crippen molar-refractivity contribution in [1.29, 1.82) is 0 Å². The number of rotatable bonds is 11. The highest BCUT2D eigenvalue weighted by molar-refractivity contribution is 5.83. The highest BCUT2D eigenvalue weighted by Crippen LogP contribution is 2.41. The quantitative estimate of drug-likeness (QED) is 0.283. The van der Waals surface area contributed by atoms with Crippen LogP contribution in [-0.2, 0) is 9.59 Å². The molecule has 27 heavy (non-hydrogen) atoms. The van der Waals surface area contributed by atoms with Gasteiger partial charge in [-0.1, -0.05) is 44.8 Å². The summed E-state index contributed by atoms with van der Waals surface area (Å²) in [5, 5.41) is 27.3. The number of allylic oxidation sites excluding steroid dienone is 2. The van der Waals surface area contributed by atoms with Crippen molar-refractivity contribution in [2.75, 3.05) is 0 Å². The number of hydrogen-bond acceptors (Lipinski definition) is 4. The summed E-state index contributed by atoms with van der Waals surface area (Å²) in [5.74, 6) is -3.48.